The molecule has 3 aliphatic rings. The summed E-state index contributed by atoms with van der Waals surface area (Å²) in [6.07, 6.45) is 11.5. The third kappa shape index (κ3) is 3.05. The van der Waals surface area contributed by atoms with E-state index in [1.807, 2.05) is 0 Å². The molecule has 2 nitrogen and oxygen atoms in total. The molecule has 1 heterocycles. The highest BCUT2D eigenvalue weighted by Crippen LogP contribution is 2.57. The largest absolute Gasteiger partial charge is 0.474 e. The Hall–Kier alpha value is -0.600. The highest BCUT2D eigenvalue weighted by atomic mass is 16.6. The van der Waals surface area contributed by atoms with Gasteiger partial charge in [-0.15, -0.1) is 0 Å². The highest BCUT2D eigenvalue weighted by Gasteiger charge is 2.62. The highest BCUT2D eigenvalue weighted by molar-refractivity contribution is 5.19. The Labute approximate surface area is 142 Å². The summed E-state index contributed by atoms with van der Waals surface area (Å²) in [6, 6.07) is 0. The minimum Gasteiger partial charge on any atom is -0.474 e. The van der Waals surface area contributed by atoms with Crippen molar-refractivity contribution in [3.8, 4) is 0 Å². The van der Waals surface area contributed by atoms with Gasteiger partial charge in [-0.3, -0.25) is 0 Å². The predicted molar refractivity (Wildman–Crippen MR) is 95.7 cm³/mol. The van der Waals surface area contributed by atoms with Crippen LogP contribution >= 0.6 is 0 Å². The number of quaternary nitrogens is 1. The van der Waals surface area contributed by atoms with Gasteiger partial charge in [0.1, 0.15) is 0 Å². The first-order valence-corrected chi connectivity index (χ1v) is 9.42. The summed E-state index contributed by atoms with van der Waals surface area (Å²) in [6.45, 7) is 11.5. The minimum atomic E-state index is 0.0888. The molecule has 130 valence electrons. The van der Waals surface area contributed by atoms with Crippen molar-refractivity contribution in [2.24, 2.45) is 17.8 Å². The number of rotatable bonds is 4. The van der Waals surface area contributed by atoms with Gasteiger partial charge >= 0.3 is 0 Å². The fraction of sp³-hybridized carbons (Fsp3) is 0.762. The summed E-state index contributed by atoms with van der Waals surface area (Å²) < 4.78 is 6.28. The summed E-state index contributed by atoms with van der Waals surface area (Å²) in [7, 11) is 4.17. The predicted octanol–water partition coefficient (Wildman–Crippen LogP) is 4.00. The van der Waals surface area contributed by atoms with E-state index in [9.17, 15) is 0 Å². The van der Waals surface area contributed by atoms with Gasteiger partial charge < -0.3 is 10.1 Å². The molecule has 3 rings (SSSR count). The van der Waals surface area contributed by atoms with Gasteiger partial charge in [0.25, 0.3) is 0 Å². The van der Waals surface area contributed by atoms with Gasteiger partial charge in [-0.2, -0.15) is 7.05 Å². The molecular formula is C21H35NO. The molecule has 0 aromatic heterocycles. The van der Waals surface area contributed by atoms with Gasteiger partial charge in [0.15, 0.2) is 0 Å². The topological polar surface area (TPSA) is 29.1 Å². The number of hydrogen-bond acceptors (Lipinski definition) is 1. The van der Waals surface area contributed by atoms with E-state index < -0.39 is 0 Å². The first-order chi connectivity index (χ1) is 10.8. The van der Waals surface area contributed by atoms with Crippen LogP contribution in [0, 0.1) is 24.8 Å². The molecule has 0 aromatic rings. The minimum absolute atomic E-state index is 0.0888. The maximum Gasteiger partial charge on any atom is 0.0957 e. The van der Waals surface area contributed by atoms with E-state index in [1.165, 1.54) is 31.3 Å². The number of ether oxygens (including phenoxy) is 1. The van der Waals surface area contributed by atoms with Gasteiger partial charge in [-0.05, 0) is 72.1 Å². The van der Waals surface area contributed by atoms with Gasteiger partial charge in [0.05, 0.1) is 17.2 Å². The lowest BCUT2D eigenvalue weighted by atomic mass is 9.56. The van der Waals surface area contributed by atoms with Crippen molar-refractivity contribution < 1.29 is 10.1 Å². The molecule has 0 aromatic carbocycles. The Morgan fingerprint density at radius 1 is 1.35 bits per heavy atom. The summed E-state index contributed by atoms with van der Waals surface area (Å²) in [5.41, 5.74) is 3.37. The fourth-order valence-corrected chi connectivity index (χ4v) is 5.26. The Balaban J connectivity index is 1.81. The lowest BCUT2D eigenvalue weighted by Crippen LogP contribution is -2.94. The molecule has 2 heteroatoms. The number of fused-ring (bicyclic) bond motifs is 1. The van der Waals surface area contributed by atoms with E-state index in [1.54, 1.807) is 5.57 Å². The van der Waals surface area contributed by atoms with Crippen LogP contribution in [0.5, 0.6) is 0 Å². The molecule has 1 saturated carbocycles. The van der Waals surface area contributed by atoms with Gasteiger partial charge in [-0.1, -0.05) is 23.3 Å². The third-order valence-corrected chi connectivity index (χ3v) is 7.02. The first-order valence-electron chi connectivity index (χ1n) is 9.42. The van der Waals surface area contributed by atoms with Crippen LogP contribution in [0.3, 0.4) is 0 Å². The lowest BCUT2D eigenvalue weighted by molar-refractivity contribution is -0.686. The van der Waals surface area contributed by atoms with Crippen molar-refractivity contribution in [3.63, 3.8) is 0 Å². The van der Waals surface area contributed by atoms with Crippen molar-refractivity contribution in [3.05, 3.63) is 30.3 Å². The third-order valence-electron chi connectivity index (χ3n) is 7.02. The Morgan fingerprint density at radius 3 is 2.74 bits per heavy atom. The maximum atomic E-state index is 6.28. The monoisotopic (exact) mass is 317 g/mol. The van der Waals surface area contributed by atoms with Crippen molar-refractivity contribution >= 4 is 0 Å². The van der Waals surface area contributed by atoms with Crippen LogP contribution in [0.25, 0.3) is 0 Å². The van der Waals surface area contributed by atoms with Crippen molar-refractivity contribution in [2.75, 3.05) is 0 Å². The normalized spacial score (nSPS) is 45.9. The number of nitrogens with two attached hydrogens (primary N) is 1. The SMILES string of the molecule is [CH2-][NH2+][C@@]1(C)CC[C@H]([C@]2(C)OC2CC=C(C)C)[C@H]2C=C(C)CC[C@@H]21. The Kier molecular flexibility index (Phi) is 4.52. The van der Waals surface area contributed by atoms with Crippen LogP contribution in [0.4, 0.5) is 0 Å². The molecule has 1 saturated heterocycles. The zero-order valence-corrected chi connectivity index (χ0v) is 15.7. The smallest absolute Gasteiger partial charge is 0.0957 e. The van der Waals surface area contributed by atoms with Gasteiger partial charge in [0, 0.05) is 12.3 Å². The fourth-order valence-electron chi connectivity index (χ4n) is 5.26. The van der Waals surface area contributed by atoms with E-state index in [2.05, 4.69) is 59.1 Å². The standard InChI is InChI=1S/C21H35NO/c1-14(2)7-10-19-21(5,23-19)18-11-12-20(4,22-6)17-9-8-15(3)13-16(17)18/h7,13,16-19H,6,8-12,22H2,1-5H3/t16-,17-,18-,19?,20-,21-/m0/s1. The Morgan fingerprint density at radius 2 is 2.09 bits per heavy atom. The second-order valence-corrected chi connectivity index (χ2v) is 8.90. The van der Waals surface area contributed by atoms with E-state index >= 15 is 0 Å². The van der Waals surface area contributed by atoms with Crippen LogP contribution in [0.2, 0.25) is 0 Å². The lowest BCUT2D eigenvalue weighted by Gasteiger charge is -2.51. The van der Waals surface area contributed by atoms with E-state index in [4.69, 9.17) is 4.74 Å². The van der Waals surface area contributed by atoms with Crippen LogP contribution < -0.4 is 5.32 Å². The number of allylic oxidation sites excluding steroid dienone is 3. The number of hydrogen-bond donors (Lipinski definition) is 1. The Bertz CT molecular complexity index is 518. The molecule has 2 N–H and O–H groups in total. The average Bonchev–Trinajstić information content (AvgIpc) is 3.16. The van der Waals surface area contributed by atoms with E-state index in [-0.39, 0.29) is 5.60 Å². The zero-order valence-electron chi connectivity index (χ0n) is 15.7. The van der Waals surface area contributed by atoms with E-state index in [0.717, 1.165) is 12.3 Å². The first kappa shape index (κ1) is 17.2. The number of epoxide rings is 1. The van der Waals surface area contributed by atoms with E-state index in [0.29, 0.717) is 23.5 Å². The van der Waals surface area contributed by atoms with Gasteiger partial charge in [-0.25, -0.2) is 0 Å². The van der Waals surface area contributed by atoms with Crippen LogP contribution in [0.1, 0.15) is 66.7 Å². The second kappa shape index (κ2) is 6.04. The molecule has 2 fully saturated rings. The summed E-state index contributed by atoms with van der Waals surface area (Å²) in [5.74, 6) is 2.08. The van der Waals surface area contributed by atoms with Crippen LogP contribution in [0.15, 0.2) is 23.3 Å². The van der Waals surface area contributed by atoms with Crippen molar-refractivity contribution in [1.29, 1.82) is 0 Å². The molecule has 1 unspecified atom stereocenters. The molecule has 23 heavy (non-hydrogen) atoms. The maximum absolute atomic E-state index is 6.28. The summed E-state index contributed by atoms with van der Waals surface area (Å²) >= 11 is 0. The van der Waals surface area contributed by atoms with Gasteiger partial charge in [0.2, 0.25) is 0 Å². The molecular weight excluding hydrogens is 282 g/mol. The molecule has 2 aliphatic carbocycles. The van der Waals surface area contributed by atoms with Crippen LogP contribution in [-0.4, -0.2) is 17.2 Å². The zero-order chi connectivity index (χ0) is 16.8. The summed E-state index contributed by atoms with van der Waals surface area (Å²) in [5, 5.41) is 2.24. The average molecular weight is 318 g/mol. The van der Waals surface area contributed by atoms with Crippen LogP contribution in [-0.2, 0) is 4.74 Å². The molecule has 0 amide bonds. The molecule has 0 radical (unpaired) electrons. The summed E-state index contributed by atoms with van der Waals surface area (Å²) in [4.78, 5) is 0. The molecule has 6 atom stereocenters. The molecule has 0 bridgehead atoms. The molecule has 1 aliphatic heterocycles. The quantitative estimate of drug-likeness (QED) is 0.474. The second-order valence-electron chi connectivity index (χ2n) is 8.90. The van der Waals surface area contributed by atoms with Crippen molar-refractivity contribution in [1.82, 2.24) is 0 Å². The molecule has 0 spiro atoms. The van der Waals surface area contributed by atoms with Crippen molar-refractivity contribution in [2.45, 2.75) is 84.0 Å².